The van der Waals surface area contributed by atoms with Crippen molar-refractivity contribution in [2.24, 2.45) is 10.9 Å². The third-order valence-corrected chi connectivity index (χ3v) is 4.19. The number of nitrogens with one attached hydrogen (secondary N) is 3. The van der Waals surface area contributed by atoms with Crippen LogP contribution in [0.3, 0.4) is 0 Å². The lowest BCUT2D eigenvalue weighted by Gasteiger charge is -2.27. The highest BCUT2D eigenvalue weighted by molar-refractivity contribution is 14.0. The van der Waals surface area contributed by atoms with E-state index in [0.29, 0.717) is 12.5 Å². The minimum absolute atomic E-state index is 0. The van der Waals surface area contributed by atoms with E-state index in [2.05, 4.69) is 39.7 Å². The summed E-state index contributed by atoms with van der Waals surface area (Å²) in [6, 6.07) is 0. The average Bonchev–Trinajstić information content (AvgIpc) is 2.95. The normalized spacial score (nSPS) is 18.6. The van der Waals surface area contributed by atoms with Crippen molar-refractivity contribution in [3.8, 4) is 0 Å². The summed E-state index contributed by atoms with van der Waals surface area (Å²) >= 11 is 0. The van der Waals surface area contributed by atoms with E-state index in [1.54, 1.807) is 0 Å². The van der Waals surface area contributed by atoms with Gasteiger partial charge in [0.15, 0.2) is 5.96 Å². The van der Waals surface area contributed by atoms with Crippen molar-refractivity contribution in [2.75, 3.05) is 39.3 Å². The van der Waals surface area contributed by atoms with Gasteiger partial charge in [-0.1, -0.05) is 6.92 Å². The van der Waals surface area contributed by atoms with Crippen LogP contribution < -0.4 is 16.0 Å². The molecule has 0 aromatic rings. The van der Waals surface area contributed by atoms with Crippen LogP contribution in [-0.2, 0) is 4.74 Å². The Hall–Kier alpha value is -0.770. The number of hydrogen-bond acceptors (Lipinski definition) is 4. The van der Waals surface area contributed by atoms with Gasteiger partial charge in [0, 0.05) is 19.6 Å². The first-order valence-electron chi connectivity index (χ1n) is 9.80. The second-order valence-electron chi connectivity index (χ2n) is 8.63. The zero-order chi connectivity index (χ0) is 19.8. The highest BCUT2D eigenvalue weighted by atomic mass is 127. The van der Waals surface area contributed by atoms with Crippen LogP contribution in [0.2, 0.25) is 0 Å². The first-order chi connectivity index (χ1) is 12.0. The lowest BCUT2D eigenvalue weighted by molar-refractivity contribution is 0.0476. The highest BCUT2D eigenvalue weighted by Gasteiger charge is 2.25. The number of amides is 1. The smallest absolute Gasteiger partial charge is 0.408 e. The summed E-state index contributed by atoms with van der Waals surface area (Å²) in [6.45, 7) is 19.4. The largest absolute Gasteiger partial charge is 0.444 e. The van der Waals surface area contributed by atoms with E-state index < -0.39 is 17.2 Å². The molecule has 0 bridgehead atoms. The van der Waals surface area contributed by atoms with E-state index in [0.717, 1.165) is 32.1 Å². The van der Waals surface area contributed by atoms with Gasteiger partial charge < -0.3 is 25.6 Å². The van der Waals surface area contributed by atoms with Crippen LogP contribution in [0, 0.1) is 5.92 Å². The van der Waals surface area contributed by atoms with Gasteiger partial charge in [-0.05, 0) is 67.0 Å². The van der Waals surface area contributed by atoms with E-state index >= 15 is 0 Å². The van der Waals surface area contributed by atoms with E-state index in [4.69, 9.17) is 4.74 Å². The minimum Gasteiger partial charge on any atom is -0.444 e. The van der Waals surface area contributed by atoms with Crippen molar-refractivity contribution in [1.82, 2.24) is 20.9 Å². The molecule has 0 aromatic carbocycles. The van der Waals surface area contributed by atoms with Crippen LogP contribution in [0.4, 0.5) is 4.79 Å². The molecule has 0 spiro atoms. The third-order valence-electron chi connectivity index (χ3n) is 4.19. The number of ether oxygens (including phenoxy) is 1. The highest BCUT2D eigenvalue weighted by Crippen LogP contribution is 2.14. The molecular formula is C19H40IN5O2. The summed E-state index contributed by atoms with van der Waals surface area (Å²) < 4.78 is 5.33. The van der Waals surface area contributed by atoms with Gasteiger partial charge in [0.05, 0.1) is 12.1 Å². The van der Waals surface area contributed by atoms with Crippen molar-refractivity contribution >= 4 is 36.0 Å². The molecule has 7 nitrogen and oxygen atoms in total. The minimum atomic E-state index is -0.506. The predicted molar refractivity (Wildman–Crippen MR) is 123 cm³/mol. The maximum Gasteiger partial charge on any atom is 0.408 e. The predicted octanol–water partition coefficient (Wildman–Crippen LogP) is 2.80. The Kier molecular flexibility index (Phi) is 11.6. The first-order valence-corrected chi connectivity index (χ1v) is 9.80. The second kappa shape index (κ2) is 11.9. The zero-order valence-electron chi connectivity index (χ0n) is 18.1. The molecule has 0 radical (unpaired) electrons. The number of nitrogens with zero attached hydrogens (tertiary/aromatic N) is 2. The molecule has 1 aliphatic heterocycles. The summed E-state index contributed by atoms with van der Waals surface area (Å²) in [5, 5.41) is 9.61. The molecule has 1 unspecified atom stereocenters. The van der Waals surface area contributed by atoms with Gasteiger partial charge in [-0.15, -0.1) is 24.0 Å². The number of carbonyl (C=O) groups excluding carboxylic acids is 1. The van der Waals surface area contributed by atoms with Crippen molar-refractivity contribution in [3.63, 3.8) is 0 Å². The molecule has 1 aliphatic rings. The molecule has 8 heteroatoms. The van der Waals surface area contributed by atoms with E-state index in [-0.39, 0.29) is 24.0 Å². The van der Waals surface area contributed by atoms with Gasteiger partial charge in [0.1, 0.15) is 5.60 Å². The molecule has 27 heavy (non-hydrogen) atoms. The van der Waals surface area contributed by atoms with E-state index in [1.807, 2.05) is 34.6 Å². The van der Waals surface area contributed by atoms with Crippen molar-refractivity contribution in [1.29, 1.82) is 0 Å². The molecule has 0 aliphatic carbocycles. The molecule has 1 atom stereocenters. The maximum atomic E-state index is 12.0. The van der Waals surface area contributed by atoms with Crippen LogP contribution in [0.25, 0.3) is 0 Å². The molecule has 1 fully saturated rings. The average molecular weight is 497 g/mol. The molecule has 1 saturated heterocycles. The van der Waals surface area contributed by atoms with Gasteiger partial charge in [0.2, 0.25) is 0 Å². The third kappa shape index (κ3) is 11.6. The van der Waals surface area contributed by atoms with Gasteiger partial charge in [-0.2, -0.15) is 0 Å². The van der Waals surface area contributed by atoms with Gasteiger partial charge >= 0.3 is 6.09 Å². The summed E-state index contributed by atoms with van der Waals surface area (Å²) in [7, 11) is 0. The summed E-state index contributed by atoms with van der Waals surface area (Å²) in [5.74, 6) is 1.45. The molecular weight excluding hydrogens is 457 g/mol. The molecule has 1 amide bonds. The number of halogens is 1. The lowest BCUT2D eigenvalue weighted by atomic mass is 10.1. The molecule has 1 rings (SSSR count). The molecule has 160 valence electrons. The van der Waals surface area contributed by atoms with Crippen LogP contribution in [-0.4, -0.2) is 67.4 Å². The molecule has 1 heterocycles. The Morgan fingerprint density at radius 3 is 2.37 bits per heavy atom. The summed E-state index contributed by atoms with van der Waals surface area (Å²) in [6.07, 6.45) is 0.813. The Morgan fingerprint density at radius 1 is 1.19 bits per heavy atom. The molecule has 3 N–H and O–H groups in total. The quantitative estimate of drug-likeness (QED) is 0.287. The SMILES string of the molecule is CCNC(=NCC(C)(C)NC(=O)OC(C)(C)C)NCC1CCN(CC)C1.I. The zero-order valence-corrected chi connectivity index (χ0v) is 20.5. The van der Waals surface area contributed by atoms with Gasteiger partial charge in [-0.25, -0.2) is 4.79 Å². The number of guanidine groups is 1. The monoisotopic (exact) mass is 497 g/mol. The number of aliphatic imine (C=N–C) groups is 1. The maximum absolute atomic E-state index is 12.0. The van der Waals surface area contributed by atoms with Crippen LogP contribution >= 0.6 is 24.0 Å². The fourth-order valence-electron chi connectivity index (χ4n) is 2.85. The van der Waals surface area contributed by atoms with Gasteiger partial charge in [-0.3, -0.25) is 4.99 Å². The van der Waals surface area contributed by atoms with E-state index in [1.165, 1.54) is 13.0 Å². The molecule has 0 saturated carbocycles. The standard InChI is InChI=1S/C19H39N5O2.HI/c1-8-20-16(21-12-15-10-11-24(9-2)13-15)22-14-19(6,7)23-17(25)26-18(3,4)5;/h15H,8-14H2,1-7H3,(H,23,25)(H2,20,21,22);1H. The van der Waals surface area contributed by atoms with Crippen LogP contribution in [0.1, 0.15) is 54.9 Å². The van der Waals surface area contributed by atoms with Crippen molar-refractivity contribution in [2.45, 2.75) is 66.0 Å². The lowest BCUT2D eigenvalue weighted by Crippen LogP contribution is -2.49. The van der Waals surface area contributed by atoms with Crippen molar-refractivity contribution < 1.29 is 9.53 Å². The second-order valence-corrected chi connectivity index (χ2v) is 8.63. The van der Waals surface area contributed by atoms with Crippen LogP contribution in [0.15, 0.2) is 4.99 Å². The Labute approximate surface area is 182 Å². The Morgan fingerprint density at radius 2 is 1.85 bits per heavy atom. The number of hydrogen-bond donors (Lipinski definition) is 3. The van der Waals surface area contributed by atoms with Gasteiger partial charge in [0.25, 0.3) is 0 Å². The summed E-state index contributed by atoms with van der Waals surface area (Å²) in [4.78, 5) is 19.1. The topological polar surface area (TPSA) is 78.0 Å². The van der Waals surface area contributed by atoms with Crippen LogP contribution in [0.5, 0.6) is 0 Å². The fraction of sp³-hybridized carbons (Fsp3) is 0.895. The van der Waals surface area contributed by atoms with E-state index in [9.17, 15) is 4.79 Å². The fourth-order valence-corrected chi connectivity index (χ4v) is 2.85. The number of alkyl carbamates (subject to hydrolysis) is 1. The Bertz CT molecular complexity index is 477. The Balaban J connectivity index is 0.00000676. The number of likely N-dealkylation sites (tertiary alicyclic amines) is 1. The number of carbonyl (C=O) groups is 1. The number of rotatable bonds is 7. The van der Waals surface area contributed by atoms with Crippen molar-refractivity contribution in [3.05, 3.63) is 0 Å². The summed E-state index contributed by atoms with van der Waals surface area (Å²) in [5.41, 5.74) is -0.995. The molecule has 0 aromatic heterocycles. The first kappa shape index (κ1) is 26.2.